The molecule has 0 aromatic heterocycles. The molecular formula is C20H32N3O3S+. The lowest BCUT2D eigenvalue weighted by atomic mass is 10.1. The van der Waals surface area contributed by atoms with Gasteiger partial charge in [0.05, 0.1) is 31.1 Å². The molecular weight excluding hydrogens is 362 g/mol. The van der Waals surface area contributed by atoms with Gasteiger partial charge in [-0.15, -0.1) is 0 Å². The highest BCUT2D eigenvalue weighted by molar-refractivity contribution is 7.89. The van der Waals surface area contributed by atoms with Crippen LogP contribution in [0, 0.1) is 0 Å². The fraction of sp³-hybridized carbons (Fsp3) is 0.650. The van der Waals surface area contributed by atoms with Crippen molar-refractivity contribution in [3.8, 4) is 0 Å². The molecule has 0 radical (unpaired) electrons. The minimum atomic E-state index is -3.44. The number of amides is 1. The second-order valence-electron chi connectivity index (χ2n) is 7.79. The van der Waals surface area contributed by atoms with E-state index in [2.05, 4.69) is 5.32 Å². The highest BCUT2D eigenvalue weighted by Gasteiger charge is 2.34. The van der Waals surface area contributed by atoms with Gasteiger partial charge in [0.25, 0.3) is 5.91 Å². The van der Waals surface area contributed by atoms with Crippen LogP contribution < -0.4 is 10.2 Å². The van der Waals surface area contributed by atoms with Crippen LogP contribution in [0.3, 0.4) is 0 Å². The SMILES string of the molecule is C[C@@H](C(=O)NC1CCCCCC1)[NH+]1CCN(S(=O)(=O)c2ccccc2)CC1. The fourth-order valence-electron chi connectivity index (χ4n) is 4.12. The third-order valence-electron chi connectivity index (χ3n) is 5.95. The third kappa shape index (κ3) is 5.09. The number of nitrogens with one attached hydrogen (secondary N) is 2. The van der Waals surface area contributed by atoms with Gasteiger partial charge in [-0.05, 0) is 31.9 Å². The van der Waals surface area contributed by atoms with Crippen molar-refractivity contribution < 1.29 is 18.1 Å². The minimum Gasteiger partial charge on any atom is -0.348 e. The maximum absolute atomic E-state index is 12.7. The number of carbonyl (C=O) groups is 1. The lowest BCUT2D eigenvalue weighted by Crippen LogP contribution is -3.19. The van der Waals surface area contributed by atoms with E-state index in [4.69, 9.17) is 0 Å². The van der Waals surface area contributed by atoms with Gasteiger partial charge >= 0.3 is 0 Å². The topological polar surface area (TPSA) is 70.9 Å². The van der Waals surface area contributed by atoms with Crippen LogP contribution in [0.25, 0.3) is 0 Å². The average molecular weight is 395 g/mol. The largest absolute Gasteiger partial charge is 0.348 e. The lowest BCUT2D eigenvalue weighted by molar-refractivity contribution is -0.917. The van der Waals surface area contributed by atoms with Crippen LogP contribution in [0.4, 0.5) is 0 Å². The summed E-state index contributed by atoms with van der Waals surface area (Å²) in [6.07, 6.45) is 7.09. The standard InChI is InChI=1S/C20H31N3O3S/c1-17(20(24)21-18-9-5-2-3-6-10-18)22-13-15-23(16-14-22)27(25,26)19-11-7-4-8-12-19/h4,7-8,11-12,17-18H,2-3,5-6,9-10,13-16H2,1H3,(H,21,24)/p+1/t17-/m0/s1. The van der Waals surface area contributed by atoms with Crippen molar-refractivity contribution in [2.75, 3.05) is 26.2 Å². The molecule has 1 amide bonds. The maximum atomic E-state index is 12.7. The first-order chi connectivity index (χ1) is 13.0. The van der Waals surface area contributed by atoms with Crippen LogP contribution in [0.1, 0.15) is 45.4 Å². The van der Waals surface area contributed by atoms with Crippen molar-refractivity contribution >= 4 is 15.9 Å². The van der Waals surface area contributed by atoms with E-state index in [0.717, 1.165) is 12.8 Å². The maximum Gasteiger partial charge on any atom is 0.278 e. The van der Waals surface area contributed by atoms with E-state index in [1.165, 1.54) is 30.6 Å². The van der Waals surface area contributed by atoms with Gasteiger partial charge in [0, 0.05) is 6.04 Å². The molecule has 150 valence electrons. The Labute approximate surface area is 163 Å². The number of hydrogen-bond donors (Lipinski definition) is 2. The molecule has 1 aromatic rings. The van der Waals surface area contributed by atoms with Crippen molar-refractivity contribution in [2.24, 2.45) is 0 Å². The van der Waals surface area contributed by atoms with Crippen LogP contribution in [-0.2, 0) is 14.8 Å². The zero-order valence-corrected chi connectivity index (χ0v) is 17.0. The lowest BCUT2D eigenvalue weighted by Gasteiger charge is -2.34. The Balaban J connectivity index is 1.53. The molecule has 1 saturated heterocycles. The molecule has 2 aliphatic rings. The summed E-state index contributed by atoms with van der Waals surface area (Å²) in [5.74, 6) is 0.108. The Hall–Kier alpha value is -1.44. The predicted octanol–water partition coefficient (Wildman–Crippen LogP) is 0.803. The molecule has 2 fully saturated rings. The molecule has 7 heteroatoms. The van der Waals surface area contributed by atoms with Gasteiger partial charge < -0.3 is 10.2 Å². The minimum absolute atomic E-state index is 0.108. The molecule has 27 heavy (non-hydrogen) atoms. The molecule has 1 aliphatic heterocycles. The van der Waals surface area contributed by atoms with Gasteiger partial charge in [0.15, 0.2) is 6.04 Å². The number of benzene rings is 1. The molecule has 3 rings (SSSR count). The first-order valence-corrected chi connectivity index (χ1v) is 11.6. The van der Waals surface area contributed by atoms with Gasteiger partial charge in [-0.25, -0.2) is 8.42 Å². The molecule has 1 heterocycles. The number of sulfonamides is 1. The summed E-state index contributed by atoms with van der Waals surface area (Å²) in [5, 5.41) is 3.23. The molecule has 1 atom stereocenters. The summed E-state index contributed by atoms with van der Waals surface area (Å²) in [6.45, 7) is 4.18. The Morgan fingerprint density at radius 3 is 2.26 bits per heavy atom. The molecule has 1 aliphatic carbocycles. The van der Waals surface area contributed by atoms with Gasteiger partial charge in [-0.2, -0.15) is 4.31 Å². The van der Waals surface area contributed by atoms with Crippen LogP contribution in [-0.4, -0.2) is 56.9 Å². The summed E-state index contributed by atoms with van der Waals surface area (Å²) >= 11 is 0. The van der Waals surface area contributed by atoms with E-state index in [-0.39, 0.29) is 11.9 Å². The Bertz CT molecular complexity index is 707. The smallest absolute Gasteiger partial charge is 0.278 e. The van der Waals surface area contributed by atoms with Crippen molar-refractivity contribution in [3.05, 3.63) is 30.3 Å². The van der Waals surface area contributed by atoms with E-state index in [9.17, 15) is 13.2 Å². The summed E-state index contributed by atoms with van der Waals surface area (Å²) in [5.41, 5.74) is 0. The fourth-order valence-corrected chi connectivity index (χ4v) is 5.59. The van der Waals surface area contributed by atoms with E-state index in [0.29, 0.717) is 37.1 Å². The number of piperazine rings is 1. The molecule has 1 aromatic carbocycles. The molecule has 0 unspecified atom stereocenters. The zero-order chi connectivity index (χ0) is 19.3. The third-order valence-corrected chi connectivity index (χ3v) is 7.87. The first-order valence-electron chi connectivity index (χ1n) is 10.2. The number of hydrogen-bond acceptors (Lipinski definition) is 3. The van der Waals surface area contributed by atoms with Crippen molar-refractivity contribution in [1.29, 1.82) is 0 Å². The van der Waals surface area contributed by atoms with Crippen LogP contribution in [0.2, 0.25) is 0 Å². The summed E-state index contributed by atoms with van der Waals surface area (Å²) in [6, 6.07) is 8.74. The van der Waals surface area contributed by atoms with E-state index < -0.39 is 10.0 Å². The van der Waals surface area contributed by atoms with Gasteiger partial charge in [0.1, 0.15) is 0 Å². The monoisotopic (exact) mass is 394 g/mol. The molecule has 1 saturated carbocycles. The number of rotatable bonds is 5. The Kier molecular flexibility index (Phi) is 6.89. The Morgan fingerprint density at radius 1 is 1.07 bits per heavy atom. The van der Waals surface area contributed by atoms with Crippen LogP contribution in [0.15, 0.2) is 35.2 Å². The van der Waals surface area contributed by atoms with Gasteiger partial charge in [0.2, 0.25) is 10.0 Å². The normalized spacial score (nSPS) is 22.1. The quantitative estimate of drug-likeness (QED) is 0.726. The van der Waals surface area contributed by atoms with Crippen molar-refractivity contribution in [1.82, 2.24) is 9.62 Å². The first kappa shape index (κ1) is 20.3. The number of quaternary nitrogens is 1. The van der Waals surface area contributed by atoms with E-state index in [1.807, 2.05) is 13.0 Å². The second kappa shape index (κ2) is 9.17. The number of nitrogens with zero attached hydrogens (tertiary/aromatic N) is 1. The number of carbonyl (C=O) groups excluding carboxylic acids is 1. The molecule has 2 N–H and O–H groups in total. The highest BCUT2D eigenvalue weighted by atomic mass is 32.2. The van der Waals surface area contributed by atoms with Crippen molar-refractivity contribution in [2.45, 2.75) is 62.4 Å². The van der Waals surface area contributed by atoms with Crippen molar-refractivity contribution in [3.63, 3.8) is 0 Å². The summed E-state index contributed by atoms with van der Waals surface area (Å²) < 4.78 is 27.0. The molecule has 6 nitrogen and oxygen atoms in total. The molecule has 0 spiro atoms. The summed E-state index contributed by atoms with van der Waals surface area (Å²) in [4.78, 5) is 14.2. The zero-order valence-electron chi connectivity index (χ0n) is 16.2. The Morgan fingerprint density at radius 2 is 1.67 bits per heavy atom. The second-order valence-corrected chi connectivity index (χ2v) is 9.73. The summed E-state index contributed by atoms with van der Waals surface area (Å²) in [7, 11) is -3.44. The molecule has 0 bridgehead atoms. The van der Waals surface area contributed by atoms with E-state index >= 15 is 0 Å². The van der Waals surface area contributed by atoms with Gasteiger partial charge in [-0.3, -0.25) is 4.79 Å². The predicted molar refractivity (Wildman–Crippen MR) is 105 cm³/mol. The van der Waals surface area contributed by atoms with Crippen LogP contribution >= 0.6 is 0 Å². The van der Waals surface area contributed by atoms with E-state index in [1.54, 1.807) is 28.6 Å². The van der Waals surface area contributed by atoms with Gasteiger partial charge in [-0.1, -0.05) is 43.9 Å². The highest BCUT2D eigenvalue weighted by Crippen LogP contribution is 2.17. The van der Waals surface area contributed by atoms with Crippen LogP contribution in [0.5, 0.6) is 0 Å². The average Bonchev–Trinajstić information content (AvgIpc) is 2.97.